The van der Waals surface area contributed by atoms with E-state index in [9.17, 15) is 26.4 Å². The molecule has 1 unspecified atom stereocenters. The first-order chi connectivity index (χ1) is 19.4. The number of aryl methyl sites for hydroxylation is 1. The smallest absolute Gasteiger partial charge is 0.379 e. The molecular weight excluding hydrogens is 561 g/mol. The van der Waals surface area contributed by atoms with Crippen LogP contribution in [0.4, 0.5) is 18.9 Å². The van der Waals surface area contributed by atoms with Gasteiger partial charge < -0.3 is 10.1 Å². The van der Waals surface area contributed by atoms with Gasteiger partial charge in [0.1, 0.15) is 5.69 Å². The van der Waals surface area contributed by atoms with Crippen molar-refractivity contribution in [2.45, 2.75) is 43.4 Å². The number of sulfonamides is 1. The van der Waals surface area contributed by atoms with E-state index in [1.54, 1.807) is 4.31 Å². The number of nitrogens with one attached hydrogen (secondary N) is 1. The van der Waals surface area contributed by atoms with Gasteiger partial charge in [0.2, 0.25) is 10.0 Å². The molecule has 2 aromatic rings. The predicted molar refractivity (Wildman–Crippen MR) is 148 cm³/mol. The number of hydrogen-bond donors (Lipinski definition) is 1. The fraction of sp³-hybridized carbons (Fsp3) is 0.556. The Morgan fingerprint density at radius 2 is 1.85 bits per heavy atom. The number of morpholine rings is 1. The van der Waals surface area contributed by atoms with Crippen molar-refractivity contribution in [1.82, 2.24) is 23.9 Å². The lowest BCUT2D eigenvalue weighted by Crippen LogP contribution is -2.55. The molecule has 1 amide bonds. The number of carbonyl (C=O) groups is 1. The Morgan fingerprint density at radius 3 is 2.46 bits per heavy atom. The van der Waals surface area contributed by atoms with E-state index in [4.69, 9.17) is 4.74 Å². The zero-order valence-electron chi connectivity index (χ0n) is 23.4. The lowest BCUT2D eigenvalue weighted by Gasteiger charge is -2.42. The Hall–Kier alpha value is -2.78. The first-order valence-electron chi connectivity index (χ1n) is 13.6. The molecule has 14 heteroatoms. The topological polar surface area (TPSA) is 100 Å². The molecule has 2 fully saturated rings. The molecule has 0 saturated carbocycles. The summed E-state index contributed by atoms with van der Waals surface area (Å²) in [6, 6.07) is 6.32. The summed E-state index contributed by atoms with van der Waals surface area (Å²) in [4.78, 5) is 17.2. The summed E-state index contributed by atoms with van der Waals surface area (Å²) in [7, 11) is -2.63. The lowest BCUT2D eigenvalue weighted by molar-refractivity contribution is -0.141. The van der Waals surface area contributed by atoms with Gasteiger partial charge in [-0.2, -0.15) is 22.6 Å². The molecule has 1 atom stereocenters. The van der Waals surface area contributed by atoms with Crippen molar-refractivity contribution in [2.75, 3.05) is 57.8 Å². The average Bonchev–Trinajstić information content (AvgIpc) is 3.34. The molecular formula is C27H37F3N6O4S. The SMILES string of the molecule is C=C(C)CN(CCN1CCOCC1)C1CCCCN1S(=O)(=O)c1ccc(NC(=O)c2cc(C(F)(F)F)nn2C)cc1. The minimum Gasteiger partial charge on any atom is -0.379 e. The van der Waals surface area contributed by atoms with Gasteiger partial charge in [0.05, 0.1) is 24.3 Å². The van der Waals surface area contributed by atoms with Gasteiger partial charge in [-0.3, -0.25) is 19.3 Å². The van der Waals surface area contributed by atoms with Crippen molar-refractivity contribution < 1.29 is 31.1 Å². The number of aromatic nitrogens is 2. The summed E-state index contributed by atoms with van der Waals surface area (Å²) < 4.78 is 74.4. The van der Waals surface area contributed by atoms with Crippen molar-refractivity contribution >= 4 is 21.6 Å². The second-order valence-corrected chi connectivity index (χ2v) is 12.4. The number of carbonyl (C=O) groups excluding carboxylic acids is 1. The van der Waals surface area contributed by atoms with E-state index >= 15 is 0 Å². The summed E-state index contributed by atoms with van der Waals surface area (Å²) >= 11 is 0. The standard InChI is InChI=1S/C27H37F3N6O4S/c1-20(2)19-35(13-12-34-14-16-40-17-15-34)25-6-4-5-11-36(25)41(38,39)22-9-7-21(8-10-22)31-26(37)23-18-24(27(28,29)30)32-33(23)3/h7-10,18,25H,1,4-6,11-17,19H2,2-3H3,(H,31,37). The zero-order chi connectivity index (χ0) is 29.8. The summed E-state index contributed by atoms with van der Waals surface area (Å²) in [5.41, 5.74) is -0.257. The van der Waals surface area contributed by atoms with Crippen LogP contribution in [0.1, 0.15) is 42.4 Å². The Morgan fingerprint density at radius 1 is 1.17 bits per heavy atom. The number of benzene rings is 1. The van der Waals surface area contributed by atoms with Crippen LogP contribution < -0.4 is 5.32 Å². The number of rotatable bonds is 10. The van der Waals surface area contributed by atoms with Crippen LogP contribution in [0.3, 0.4) is 0 Å². The van der Waals surface area contributed by atoms with Crippen LogP contribution in [0.2, 0.25) is 0 Å². The van der Waals surface area contributed by atoms with Crippen molar-refractivity contribution in [3.63, 3.8) is 0 Å². The maximum Gasteiger partial charge on any atom is 0.435 e. The van der Waals surface area contributed by atoms with Crippen molar-refractivity contribution in [1.29, 1.82) is 0 Å². The van der Waals surface area contributed by atoms with Gasteiger partial charge in [-0.25, -0.2) is 8.42 Å². The third-order valence-electron chi connectivity index (χ3n) is 7.25. The molecule has 41 heavy (non-hydrogen) atoms. The van der Waals surface area contributed by atoms with Gasteiger partial charge >= 0.3 is 6.18 Å². The summed E-state index contributed by atoms with van der Waals surface area (Å²) in [6.45, 7) is 11.5. The fourth-order valence-corrected chi connectivity index (χ4v) is 6.85. The van der Waals surface area contributed by atoms with Gasteiger partial charge in [0.15, 0.2) is 5.69 Å². The molecule has 2 aliphatic heterocycles. The second-order valence-electron chi connectivity index (χ2n) is 10.5. The molecule has 0 aliphatic carbocycles. The van der Waals surface area contributed by atoms with Gasteiger partial charge in [0.25, 0.3) is 5.91 Å². The summed E-state index contributed by atoms with van der Waals surface area (Å²) in [5, 5.41) is 5.86. The van der Waals surface area contributed by atoms with E-state index in [1.807, 2.05) is 6.92 Å². The Bertz CT molecular complexity index is 1320. The first-order valence-corrected chi connectivity index (χ1v) is 15.0. The molecule has 0 spiro atoms. The van der Waals surface area contributed by atoms with Gasteiger partial charge in [-0.15, -0.1) is 0 Å². The number of hydrogen-bond acceptors (Lipinski definition) is 7. The van der Waals surface area contributed by atoms with E-state index < -0.39 is 27.8 Å². The highest BCUT2D eigenvalue weighted by atomic mass is 32.2. The van der Waals surface area contributed by atoms with E-state index in [0.29, 0.717) is 45.3 Å². The van der Waals surface area contributed by atoms with E-state index in [1.165, 1.54) is 31.3 Å². The van der Waals surface area contributed by atoms with Crippen molar-refractivity contribution in [3.05, 3.63) is 53.9 Å². The van der Waals surface area contributed by atoms with Crippen LogP contribution >= 0.6 is 0 Å². The number of halogens is 3. The molecule has 3 heterocycles. The number of nitrogens with zero attached hydrogens (tertiary/aromatic N) is 5. The van der Waals surface area contributed by atoms with Crippen LogP contribution in [0.25, 0.3) is 0 Å². The zero-order valence-corrected chi connectivity index (χ0v) is 24.2. The van der Waals surface area contributed by atoms with Crippen molar-refractivity contribution in [2.24, 2.45) is 7.05 Å². The third kappa shape index (κ3) is 7.74. The lowest BCUT2D eigenvalue weighted by atomic mass is 10.1. The fourth-order valence-electron chi connectivity index (χ4n) is 5.17. The Labute approximate surface area is 238 Å². The van der Waals surface area contributed by atoms with Gasteiger partial charge in [0, 0.05) is 58.1 Å². The molecule has 0 bridgehead atoms. The molecule has 2 aliphatic rings. The first kappa shape index (κ1) is 31.2. The van der Waals surface area contributed by atoms with Gasteiger partial charge in [-0.1, -0.05) is 12.2 Å². The number of amides is 1. The van der Waals surface area contributed by atoms with Crippen molar-refractivity contribution in [3.8, 4) is 0 Å². The average molecular weight is 599 g/mol. The summed E-state index contributed by atoms with van der Waals surface area (Å²) in [6.07, 6.45) is -2.64. The van der Waals surface area contributed by atoms with Crippen LogP contribution in [0.5, 0.6) is 0 Å². The van der Waals surface area contributed by atoms with E-state index in [-0.39, 0.29) is 22.4 Å². The molecule has 10 nitrogen and oxygen atoms in total. The molecule has 1 aromatic heterocycles. The minimum absolute atomic E-state index is 0.0748. The molecule has 4 rings (SSSR count). The maximum atomic E-state index is 13.8. The quantitative estimate of drug-likeness (QED) is 0.419. The highest BCUT2D eigenvalue weighted by Gasteiger charge is 2.37. The Balaban J connectivity index is 1.48. The largest absolute Gasteiger partial charge is 0.435 e. The number of piperidine rings is 1. The molecule has 2 saturated heterocycles. The van der Waals surface area contributed by atoms with E-state index in [0.717, 1.165) is 42.7 Å². The third-order valence-corrected chi connectivity index (χ3v) is 9.16. The van der Waals surface area contributed by atoms with Crippen LogP contribution in [-0.4, -0.2) is 96.9 Å². The van der Waals surface area contributed by atoms with Crippen LogP contribution in [-0.2, 0) is 28.0 Å². The highest BCUT2D eigenvalue weighted by molar-refractivity contribution is 7.89. The molecule has 1 aromatic carbocycles. The number of alkyl halides is 3. The predicted octanol–water partition coefficient (Wildman–Crippen LogP) is 3.40. The normalized spacial score (nSPS) is 19.4. The molecule has 226 valence electrons. The number of anilines is 1. The molecule has 1 N–H and O–H groups in total. The van der Waals surface area contributed by atoms with Crippen LogP contribution in [0.15, 0.2) is 47.4 Å². The maximum absolute atomic E-state index is 13.8. The van der Waals surface area contributed by atoms with Crippen LogP contribution in [0, 0.1) is 0 Å². The van der Waals surface area contributed by atoms with E-state index in [2.05, 4.69) is 26.8 Å². The monoisotopic (exact) mass is 598 g/mol. The molecule has 0 radical (unpaired) electrons. The van der Waals surface area contributed by atoms with Gasteiger partial charge in [-0.05, 0) is 50.5 Å². The second kappa shape index (κ2) is 13.0. The Kier molecular flexibility index (Phi) is 9.90. The minimum atomic E-state index is -4.68. The summed E-state index contributed by atoms with van der Waals surface area (Å²) in [5.74, 6) is -0.794. The highest BCUT2D eigenvalue weighted by Crippen LogP contribution is 2.30. The number of ether oxygens (including phenoxy) is 1.